The van der Waals surface area contributed by atoms with E-state index in [0.717, 1.165) is 10.5 Å². The van der Waals surface area contributed by atoms with Gasteiger partial charge in [-0.2, -0.15) is 0 Å². The molecule has 0 aliphatic rings. The molecule has 0 unspecified atom stereocenters. The van der Waals surface area contributed by atoms with Gasteiger partial charge in [0.2, 0.25) is 0 Å². The van der Waals surface area contributed by atoms with Gasteiger partial charge in [0, 0.05) is 11.0 Å². The third kappa shape index (κ3) is 4.68. The Labute approximate surface area is 186 Å². The number of nitrogens with zero attached hydrogens (tertiary/aromatic N) is 2. The zero-order valence-electron chi connectivity index (χ0n) is 16.3. The van der Waals surface area contributed by atoms with Crippen LogP contribution in [-0.2, 0) is 0 Å². The third-order valence-electron chi connectivity index (χ3n) is 4.56. The highest BCUT2D eigenvalue weighted by Crippen LogP contribution is 2.36. The normalized spacial score (nSPS) is 11.6. The summed E-state index contributed by atoms with van der Waals surface area (Å²) >= 11 is 7.71. The molecule has 0 aliphatic carbocycles. The van der Waals surface area contributed by atoms with Crippen molar-refractivity contribution in [3.8, 4) is 0 Å². The number of para-hydroxylation sites is 1. The molecule has 154 valence electrons. The van der Waals surface area contributed by atoms with E-state index < -0.39 is 4.92 Å². The van der Waals surface area contributed by atoms with E-state index in [1.807, 2.05) is 31.2 Å². The summed E-state index contributed by atoms with van der Waals surface area (Å²) in [6.45, 7) is 1.99. The molecule has 1 heterocycles. The number of aryl methyl sites for hydroxylation is 1. The summed E-state index contributed by atoms with van der Waals surface area (Å²) < 4.78 is 0. The molecule has 6 nitrogen and oxygen atoms in total. The Balaban J connectivity index is 1.69. The molecule has 0 spiro atoms. The maximum atomic E-state index is 12.3. The number of aromatic nitrogens is 2. The van der Waals surface area contributed by atoms with Gasteiger partial charge >= 0.3 is 0 Å². The Morgan fingerprint density at radius 3 is 2.61 bits per heavy atom. The second-order valence-electron chi connectivity index (χ2n) is 6.82. The summed E-state index contributed by atoms with van der Waals surface area (Å²) in [7, 11) is 0. The van der Waals surface area contributed by atoms with Gasteiger partial charge in [0.25, 0.3) is 11.2 Å². The van der Waals surface area contributed by atoms with Crippen LogP contribution in [0.2, 0.25) is 0 Å². The number of nitro benzene ring substituents is 1. The van der Waals surface area contributed by atoms with Crippen molar-refractivity contribution < 1.29 is 4.92 Å². The number of aromatic amines is 1. The predicted molar refractivity (Wildman–Crippen MR) is 124 cm³/mol. The average Bonchev–Trinajstić information content (AvgIpc) is 2.76. The lowest BCUT2D eigenvalue weighted by Crippen LogP contribution is -2.10. The van der Waals surface area contributed by atoms with Gasteiger partial charge in [-0.15, -0.1) is 0 Å². The smallest absolute Gasteiger partial charge is 0.283 e. The number of nitro groups is 1. The highest BCUT2D eigenvalue weighted by molar-refractivity contribution is 7.99. The number of fused-ring (bicyclic) bond motifs is 1. The number of rotatable bonds is 5. The maximum Gasteiger partial charge on any atom is 0.283 e. The maximum absolute atomic E-state index is 12.3. The van der Waals surface area contributed by atoms with Crippen molar-refractivity contribution >= 4 is 51.1 Å². The van der Waals surface area contributed by atoms with Gasteiger partial charge in [-0.25, -0.2) is 4.98 Å². The van der Waals surface area contributed by atoms with Gasteiger partial charge in [-0.1, -0.05) is 59.3 Å². The van der Waals surface area contributed by atoms with Gasteiger partial charge in [0.05, 0.1) is 25.8 Å². The Morgan fingerprint density at radius 1 is 1.13 bits per heavy atom. The lowest BCUT2D eigenvalue weighted by Gasteiger charge is -2.06. The number of H-pyrrole nitrogens is 1. The Morgan fingerprint density at radius 2 is 1.87 bits per heavy atom. The number of hydrogen-bond donors (Lipinski definition) is 1. The monoisotopic (exact) mass is 449 g/mol. The van der Waals surface area contributed by atoms with Crippen LogP contribution >= 0.6 is 23.4 Å². The van der Waals surface area contributed by atoms with Crippen molar-refractivity contribution in [1.82, 2.24) is 9.97 Å². The van der Waals surface area contributed by atoms with Gasteiger partial charge in [0.1, 0.15) is 0 Å². The van der Waals surface area contributed by atoms with E-state index >= 15 is 0 Å². The van der Waals surface area contributed by atoms with E-state index in [9.17, 15) is 14.9 Å². The van der Waals surface area contributed by atoms with Crippen LogP contribution in [0, 0.1) is 17.0 Å². The first-order chi connectivity index (χ1) is 14.9. The molecule has 31 heavy (non-hydrogen) atoms. The standard InChI is InChI=1S/C23H16ClN3O3S/c1-14-6-9-16(10-7-14)31-21-11-8-15(13-20(21)27(29)30)12-18(24)22-25-19-5-3-2-4-17(19)23(28)26-22/h2-13H,1H3,(H,25,26,28)/b18-12+. The van der Waals surface area contributed by atoms with Crippen LogP contribution in [0.15, 0.2) is 81.3 Å². The highest BCUT2D eigenvalue weighted by atomic mass is 35.5. The van der Waals surface area contributed by atoms with Gasteiger partial charge in [-0.3, -0.25) is 14.9 Å². The minimum atomic E-state index is -0.419. The zero-order valence-corrected chi connectivity index (χ0v) is 17.9. The van der Waals surface area contributed by atoms with Gasteiger partial charge in [0.15, 0.2) is 5.82 Å². The largest absolute Gasteiger partial charge is 0.305 e. The van der Waals surface area contributed by atoms with Crippen molar-refractivity contribution in [2.24, 2.45) is 0 Å². The lowest BCUT2D eigenvalue weighted by atomic mass is 10.2. The van der Waals surface area contributed by atoms with Crippen molar-refractivity contribution in [3.63, 3.8) is 0 Å². The minimum Gasteiger partial charge on any atom is -0.305 e. The molecule has 4 aromatic rings. The SMILES string of the molecule is Cc1ccc(Sc2ccc(/C=C(/Cl)c3nc4ccccc4c(=O)[nH]3)cc2[N+](=O)[O-])cc1. The van der Waals surface area contributed by atoms with Crippen LogP contribution in [0.1, 0.15) is 17.0 Å². The molecule has 4 rings (SSSR count). The molecule has 0 bridgehead atoms. The van der Waals surface area contributed by atoms with Crippen LogP contribution in [0.25, 0.3) is 22.0 Å². The molecule has 0 fully saturated rings. The Kier molecular flexibility index (Phi) is 5.88. The molecule has 1 N–H and O–H groups in total. The fourth-order valence-corrected chi connectivity index (χ4v) is 4.12. The zero-order chi connectivity index (χ0) is 22.0. The van der Waals surface area contributed by atoms with E-state index in [1.165, 1.54) is 17.8 Å². The molecule has 0 radical (unpaired) electrons. The lowest BCUT2D eigenvalue weighted by molar-refractivity contribution is -0.387. The average molecular weight is 450 g/mol. The summed E-state index contributed by atoms with van der Waals surface area (Å²) in [4.78, 5) is 32.0. The first kappa shape index (κ1) is 20.8. The van der Waals surface area contributed by atoms with E-state index in [2.05, 4.69) is 9.97 Å². The van der Waals surface area contributed by atoms with Gasteiger partial charge < -0.3 is 4.98 Å². The first-order valence-corrected chi connectivity index (χ1v) is 10.5. The molecule has 0 atom stereocenters. The van der Waals surface area contributed by atoms with Crippen LogP contribution in [-0.4, -0.2) is 14.9 Å². The summed E-state index contributed by atoms with van der Waals surface area (Å²) in [5, 5.41) is 12.3. The summed E-state index contributed by atoms with van der Waals surface area (Å²) in [5.74, 6) is 0.200. The number of nitrogens with one attached hydrogen (secondary N) is 1. The summed E-state index contributed by atoms with van der Waals surface area (Å²) in [6, 6.07) is 19.6. The van der Waals surface area contributed by atoms with Crippen LogP contribution in [0.5, 0.6) is 0 Å². The van der Waals surface area contributed by atoms with E-state index in [1.54, 1.807) is 42.5 Å². The molecular formula is C23H16ClN3O3S. The molecule has 8 heteroatoms. The van der Waals surface area contributed by atoms with Crippen molar-refractivity contribution in [3.05, 3.63) is 104 Å². The number of hydrogen-bond acceptors (Lipinski definition) is 5. The molecule has 1 aromatic heterocycles. The molecule has 0 saturated heterocycles. The van der Waals surface area contributed by atoms with Gasteiger partial charge in [-0.05, 0) is 48.9 Å². The van der Waals surface area contributed by atoms with Crippen molar-refractivity contribution in [1.29, 1.82) is 0 Å². The molecule has 0 amide bonds. The summed E-state index contributed by atoms with van der Waals surface area (Å²) in [5.41, 5.74) is 1.84. The molecule has 3 aromatic carbocycles. The number of benzene rings is 3. The second kappa shape index (κ2) is 8.75. The predicted octanol–water partition coefficient (Wildman–Crippen LogP) is 6.03. The quantitative estimate of drug-likeness (QED) is 0.297. The number of halogens is 1. The van der Waals surface area contributed by atoms with E-state index in [4.69, 9.17) is 11.6 Å². The molecular weight excluding hydrogens is 434 g/mol. The van der Waals surface area contributed by atoms with Crippen molar-refractivity contribution in [2.45, 2.75) is 16.7 Å². The second-order valence-corrected chi connectivity index (χ2v) is 8.35. The summed E-state index contributed by atoms with van der Waals surface area (Å²) in [6.07, 6.45) is 1.54. The molecule has 0 saturated carbocycles. The van der Waals surface area contributed by atoms with Crippen LogP contribution in [0.3, 0.4) is 0 Å². The van der Waals surface area contributed by atoms with Crippen LogP contribution in [0.4, 0.5) is 5.69 Å². The van der Waals surface area contributed by atoms with E-state index in [0.29, 0.717) is 21.4 Å². The fourth-order valence-electron chi connectivity index (χ4n) is 3.00. The van der Waals surface area contributed by atoms with E-state index in [-0.39, 0.29) is 22.1 Å². The topological polar surface area (TPSA) is 88.9 Å². The van der Waals surface area contributed by atoms with Crippen LogP contribution < -0.4 is 5.56 Å². The minimum absolute atomic E-state index is 0.0243. The Hall–Kier alpha value is -3.42. The Bertz CT molecular complexity index is 1380. The highest BCUT2D eigenvalue weighted by Gasteiger charge is 2.16. The first-order valence-electron chi connectivity index (χ1n) is 9.30. The third-order valence-corrected chi connectivity index (χ3v) is 5.92. The molecule has 0 aliphatic heterocycles. The fraction of sp³-hybridized carbons (Fsp3) is 0.0435. The van der Waals surface area contributed by atoms with Crippen molar-refractivity contribution in [2.75, 3.05) is 0 Å².